The van der Waals surface area contributed by atoms with Crippen LogP contribution >= 0.6 is 0 Å². The van der Waals surface area contributed by atoms with Crippen LogP contribution in [0.3, 0.4) is 0 Å². The highest BCUT2D eigenvalue weighted by molar-refractivity contribution is 5.86. The lowest BCUT2D eigenvalue weighted by Crippen LogP contribution is -2.39. The van der Waals surface area contributed by atoms with Crippen LogP contribution in [0.2, 0.25) is 0 Å². The molecule has 100 valence electrons. The zero-order valence-electron chi connectivity index (χ0n) is 11.2. The van der Waals surface area contributed by atoms with Gasteiger partial charge < -0.3 is 15.8 Å². The molecule has 2 aromatic rings. The Labute approximate surface area is 113 Å². The van der Waals surface area contributed by atoms with Gasteiger partial charge in [-0.3, -0.25) is 0 Å². The number of nitrogens with two attached hydrogens (primary N) is 1. The fourth-order valence-electron chi connectivity index (χ4n) is 2.68. The molecular weight excluding hydrogens is 236 g/mol. The monoisotopic (exact) mass is 256 g/mol. The van der Waals surface area contributed by atoms with Crippen LogP contribution in [0.1, 0.15) is 12.8 Å². The summed E-state index contributed by atoms with van der Waals surface area (Å²) >= 11 is 0. The zero-order valence-corrected chi connectivity index (χ0v) is 11.2. The van der Waals surface area contributed by atoms with Gasteiger partial charge in [-0.1, -0.05) is 12.1 Å². The van der Waals surface area contributed by atoms with E-state index in [1.807, 2.05) is 6.07 Å². The lowest BCUT2D eigenvalue weighted by atomic mass is 9.81. The predicted octanol–water partition coefficient (Wildman–Crippen LogP) is 3.00. The molecule has 19 heavy (non-hydrogen) atoms. The molecule has 0 saturated heterocycles. The van der Waals surface area contributed by atoms with Crippen molar-refractivity contribution in [2.24, 2.45) is 11.7 Å². The summed E-state index contributed by atoms with van der Waals surface area (Å²) in [7, 11) is 1.69. The number of benzene rings is 2. The van der Waals surface area contributed by atoms with Crippen LogP contribution in [0, 0.1) is 5.92 Å². The van der Waals surface area contributed by atoms with E-state index in [0.717, 1.165) is 31.1 Å². The Bertz CT molecular complexity index is 576. The Morgan fingerprint density at radius 1 is 1.16 bits per heavy atom. The van der Waals surface area contributed by atoms with E-state index in [-0.39, 0.29) is 0 Å². The standard InChI is InChI=1S/C16H20N2O/c1-19-16-5-3-12-8-15(4-2-13(12)9-16)18-10-11-6-14(17)7-11/h2-5,8-9,11,14,18H,6-7,10,17H2,1H3. The number of anilines is 1. The first-order valence-electron chi connectivity index (χ1n) is 6.82. The fraction of sp³-hybridized carbons (Fsp3) is 0.375. The highest BCUT2D eigenvalue weighted by atomic mass is 16.5. The summed E-state index contributed by atoms with van der Waals surface area (Å²) in [6.07, 6.45) is 2.30. The molecule has 1 fully saturated rings. The number of hydrogen-bond donors (Lipinski definition) is 2. The van der Waals surface area contributed by atoms with Crippen molar-refractivity contribution >= 4 is 16.5 Å². The van der Waals surface area contributed by atoms with Crippen molar-refractivity contribution in [3.05, 3.63) is 36.4 Å². The van der Waals surface area contributed by atoms with Crippen LogP contribution < -0.4 is 15.8 Å². The number of nitrogens with one attached hydrogen (secondary N) is 1. The summed E-state index contributed by atoms with van der Waals surface area (Å²) in [6, 6.07) is 13.0. The number of methoxy groups -OCH3 is 1. The molecule has 0 aromatic heterocycles. The Hall–Kier alpha value is -1.74. The van der Waals surface area contributed by atoms with E-state index in [2.05, 4.69) is 35.6 Å². The van der Waals surface area contributed by atoms with E-state index in [1.165, 1.54) is 16.5 Å². The van der Waals surface area contributed by atoms with Gasteiger partial charge in [0.1, 0.15) is 5.75 Å². The predicted molar refractivity (Wildman–Crippen MR) is 79.7 cm³/mol. The van der Waals surface area contributed by atoms with Crippen molar-refractivity contribution < 1.29 is 4.74 Å². The lowest BCUT2D eigenvalue weighted by molar-refractivity contribution is 0.280. The van der Waals surface area contributed by atoms with E-state index < -0.39 is 0 Å². The first-order valence-corrected chi connectivity index (χ1v) is 6.82. The minimum atomic E-state index is 0.427. The molecule has 0 atom stereocenters. The maximum absolute atomic E-state index is 5.80. The van der Waals surface area contributed by atoms with Crippen molar-refractivity contribution in [3.63, 3.8) is 0 Å². The third kappa shape index (κ3) is 2.66. The van der Waals surface area contributed by atoms with Crippen LogP contribution in [0.15, 0.2) is 36.4 Å². The largest absolute Gasteiger partial charge is 0.497 e. The molecule has 0 heterocycles. The highest BCUT2D eigenvalue weighted by Crippen LogP contribution is 2.27. The average molecular weight is 256 g/mol. The second-order valence-electron chi connectivity index (χ2n) is 5.41. The Morgan fingerprint density at radius 3 is 2.63 bits per heavy atom. The summed E-state index contributed by atoms with van der Waals surface area (Å²) in [5, 5.41) is 5.94. The summed E-state index contributed by atoms with van der Waals surface area (Å²) in [6.45, 7) is 1.02. The number of ether oxygens (including phenoxy) is 1. The van der Waals surface area contributed by atoms with Crippen molar-refractivity contribution in [2.45, 2.75) is 18.9 Å². The lowest BCUT2D eigenvalue weighted by Gasteiger charge is -2.32. The molecule has 3 N–H and O–H groups in total. The quantitative estimate of drug-likeness (QED) is 0.884. The van der Waals surface area contributed by atoms with Gasteiger partial charge in [0.25, 0.3) is 0 Å². The third-order valence-electron chi connectivity index (χ3n) is 3.91. The van der Waals surface area contributed by atoms with Gasteiger partial charge in [0.2, 0.25) is 0 Å². The van der Waals surface area contributed by atoms with Gasteiger partial charge in [-0.05, 0) is 53.8 Å². The summed E-state index contributed by atoms with van der Waals surface area (Å²) < 4.78 is 5.24. The Morgan fingerprint density at radius 2 is 1.89 bits per heavy atom. The average Bonchev–Trinajstić information content (AvgIpc) is 2.41. The first kappa shape index (κ1) is 12.3. The topological polar surface area (TPSA) is 47.3 Å². The van der Waals surface area contributed by atoms with Crippen molar-refractivity contribution in [1.29, 1.82) is 0 Å². The number of rotatable bonds is 4. The molecule has 1 aliphatic carbocycles. The van der Waals surface area contributed by atoms with Crippen molar-refractivity contribution in [3.8, 4) is 5.75 Å². The molecule has 2 aromatic carbocycles. The highest BCUT2D eigenvalue weighted by Gasteiger charge is 2.25. The van der Waals surface area contributed by atoms with Crippen LogP contribution in [0.25, 0.3) is 10.8 Å². The normalized spacial score (nSPS) is 22.0. The molecule has 3 heteroatoms. The molecule has 0 spiro atoms. The van der Waals surface area contributed by atoms with Gasteiger partial charge in [-0.25, -0.2) is 0 Å². The van der Waals surface area contributed by atoms with E-state index in [1.54, 1.807) is 7.11 Å². The maximum atomic E-state index is 5.80. The van der Waals surface area contributed by atoms with E-state index in [9.17, 15) is 0 Å². The van der Waals surface area contributed by atoms with Crippen LogP contribution in [0.4, 0.5) is 5.69 Å². The van der Waals surface area contributed by atoms with Gasteiger partial charge >= 0.3 is 0 Å². The van der Waals surface area contributed by atoms with E-state index in [0.29, 0.717) is 6.04 Å². The van der Waals surface area contributed by atoms with E-state index in [4.69, 9.17) is 10.5 Å². The fourth-order valence-corrected chi connectivity index (χ4v) is 2.68. The molecule has 0 unspecified atom stereocenters. The van der Waals surface area contributed by atoms with E-state index >= 15 is 0 Å². The molecule has 3 rings (SSSR count). The second-order valence-corrected chi connectivity index (χ2v) is 5.41. The van der Waals surface area contributed by atoms with Gasteiger partial charge in [0.05, 0.1) is 7.11 Å². The van der Waals surface area contributed by atoms with Crippen molar-refractivity contribution in [1.82, 2.24) is 0 Å². The third-order valence-corrected chi connectivity index (χ3v) is 3.91. The zero-order chi connectivity index (χ0) is 13.2. The molecular formula is C16H20N2O. The maximum Gasteiger partial charge on any atom is 0.119 e. The molecule has 0 amide bonds. The number of hydrogen-bond acceptors (Lipinski definition) is 3. The SMILES string of the molecule is COc1ccc2cc(NCC3CC(N)C3)ccc2c1. The Kier molecular flexibility index (Phi) is 3.30. The van der Waals surface area contributed by atoms with Gasteiger partial charge in [0.15, 0.2) is 0 Å². The molecule has 0 radical (unpaired) electrons. The minimum absolute atomic E-state index is 0.427. The molecule has 0 bridgehead atoms. The summed E-state index contributed by atoms with van der Waals surface area (Å²) in [5.74, 6) is 1.64. The second kappa shape index (κ2) is 5.10. The summed E-state index contributed by atoms with van der Waals surface area (Å²) in [4.78, 5) is 0. The van der Waals surface area contributed by atoms with Crippen LogP contribution in [-0.4, -0.2) is 19.7 Å². The molecule has 0 aliphatic heterocycles. The van der Waals surface area contributed by atoms with Gasteiger partial charge in [-0.2, -0.15) is 0 Å². The molecule has 1 saturated carbocycles. The van der Waals surface area contributed by atoms with Gasteiger partial charge in [-0.15, -0.1) is 0 Å². The first-order chi connectivity index (χ1) is 9.24. The minimum Gasteiger partial charge on any atom is -0.497 e. The summed E-state index contributed by atoms with van der Waals surface area (Å²) in [5.41, 5.74) is 6.98. The smallest absolute Gasteiger partial charge is 0.119 e. The van der Waals surface area contributed by atoms with Crippen LogP contribution in [-0.2, 0) is 0 Å². The van der Waals surface area contributed by atoms with Gasteiger partial charge in [0, 0.05) is 18.3 Å². The van der Waals surface area contributed by atoms with Crippen LogP contribution in [0.5, 0.6) is 5.75 Å². The number of fused-ring (bicyclic) bond motifs is 1. The Balaban J connectivity index is 1.70. The molecule has 3 nitrogen and oxygen atoms in total. The molecule has 1 aliphatic rings. The van der Waals surface area contributed by atoms with Crippen molar-refractivity contribution in [2.75, 3.05) is 19.0 Å².